The van der Waals surface area contributed by atoms with Crippen LogP contribution in [0.4, 0.5) is 4.39 Å². The van der Waals surface area contributed by atoms with Crippen LogP contribution in [0.5, 0.6) is 0 Å². The standard InChI is InChI=1S/C18H11BrClN.C13H10.C6H3BrClF.C4H9O.Na/c19-18-14(20)8-5-11-17(18)21-15-9-3-1-6-12(15)13-7-2-4-10-16(13)21;1-3-7-12-10(5-1)9-11-6-2-4-8-13(11)12;7-6-4(8)2-1-3-5(6)9;1-4(2,3)5;/h1-11H;1-8H,9H2;1-3H;1-3H3;/q;;;-1;+1. The average Bonchev–Trinajstić information content (AvgIpc) is 3.61. The fourth-order valence-electron chi connectivity index (χ4n) is 5.40. The third-order valence-electron chi connectivity index (χ3n) is 7.36. The largest absolute Gasteiger partial charge is 1.00 e. The Morgan fingerprint density at radius 1 is 0.592 bits per heavy atom. The molecule has 1 aliphatic rings. The van der Waals surface area contributed by atoms with Crippen molar-refractivity contribution in [1.29, 1.82) is 0 Å². The summed E-state index contributed by atoms with van der Waals surface area (Å²) in [5.41, 5.74) is 8.42. The fourth-order valence-corrected chi connectivity index (χ4v) is 6.44. The Balaban J connectivity index is 0.000000165. The minimum Gasteiger partial charge on any atom is -0.850 e. The van der Waals surface area contributed by atoms with Gasteiger partial charge in [0.15, 0.2) is 0 Å². The molecule has 49 heavy (non-hydrogen) atoms. The minimum atomic E-state index is -0.750. The summed E-state index contributed by atoms with van der Waals surface area (Å²) in [6.07, 6.45) is 1.10. The molecule has 0 radical (unpaired) electrons. The number of hydrogen-bond donors (Lipinski definition) is 0. The van der Waals surface area contributed by atoms with E-state index < -0.39 is 5.60 Å². The van der Waals surface area contributed by atoms with Crippen LogP contribution in [0.25, 0.3) is 38.6 Å². The summed E-state index contributed by atoms with van der Waals surface area (Å²) in [5, 5.41) is 13.7. The Morgan fingerprint density at radius 2 is 1.00 bits per heavy atom. The second-order valence-electron chi connectivity index (χ2n) is 12.1. The number of fused-ring (bicyclic) bond motifs is 6. The molecule has 0 atom stereocenters. The maximum absolute atomic E-state index is 12.4. The van der Waals surface area contributed by atoms with Gasteiger partial charge in [-0.1, -0.05) is 141 Å². The van der Waals surface area contributed by atoms with Gasteiger partial charge in [-0.3, -0.25) is 0 Å². The maximum Gasteiger partial charge on any atom is 1.00 e. The Labute approximate surface area is 336 Å². The molecule has 7 aromatic rings. The van der Waals surface area contributed by atoms with Gasteiger partial charge in [0, 0.05) is 10.8 Å². The van der Waals surface area contributed by atoms with E-state index >= 15 is 0 Å². The number of halogens is 5. The topological polar surface area (TPSA) is 28.0 Å². The van der Waals surface area contributed by atoms with Gasteiger partial charge in [0.1, 0.15) is 5.82 Å². The quantitative estimate of drug-likeness (QED) is 0.120. The van der Waals surface area contributed by atoms with Crippen molar-refractivity contribution in [1.82, 2.24) is 4.57 Å². The first kappa shape index (κ1) is 39.3. The van der Waals surface area contributed by atoms with E-state index in [0.29, 0.717) is 9.50 Å². The van der Waals surface area contributed by atoms with Crippen LogP contribution in [-0.2, 0) is 6.42 Å². The van der Waals surface area contributed by atoms with Crippen molar-refractivity contribution in [3.05, 3.63) is 169 Å². The molecule has 0 saturated heterocycles. The zero-order valence-electron chi connectivity index (χ0n) is 27.7. The van der Waals surface area contributed by atoms with Crippen molar-refractivity contribution in [3.63, 3.8) is 0 Å². The smallest absolute Gasteiger partial charge is 0.850 e. The Kier molecular flexibility index (Phi) is 14.2. The normalized spacial score (nSPS) is 11.1. The molecule has 0 bridgehead atoms. The van der Waals surface area contributed by atoms with Crippen LogP contribution >= 0.6 is 55.1 Å². The number of rotatable bonds is 1. The number of hydrogen-bond acceptors (Lipinski definition) is 1. The number of para-hydroxylation sites is 2. The van der Waals surface area contributed by atoms with Gasteiger partial charge in [0.2, 0.25) is 0 Å². The first-order valence-corrected chi connectivity index (χ1v) is 17.7. The maximum atomic E-state index is 12.4. The van der Waals surface area contributed by atoms with Gasteiger partial charge < -0.3 is 9.67 Å². The summed E-state index contributed by atoms with van der Waals surface area (Å²) in [5.74, 6) is -0.331. The molecule has 8 heteroatoms. The molecule has 1 aliphatic carbocycles. The molecule has 1 heterocycles. The van der Waals surface area contributed by atoms with Gasteiger partial charge in [-0.25, -0.2) is 4.39 Å². The Bertz CT molecular complexity index is 2070. The fraction of sp³-hybridized carbons (Fsp3) is 0.122. The molecule has 244 valence electrons. The van der Waals surface area contributed by atoms with Crippen LogP contribution in [0.3, 0.4) is 0 Å². The Hall–Kier alpha value is -2.45. The molecule has 1 aromatic heterocycles. The van der Waals surface area contributed by atoms with Gasteiger partial charge in [0.05, 0.1) is 35.7 Å². The molecular formula is C41H33Br2Cl2FNNaO. The van der Waals surface area contributed by atoms with E-state index in [1.807, 2.05) is 12.1 Å². The van der Waals surface area contributed by atoms with Crippen molar-refractivity contribution in [3.8, 4) is 16.8 Å². The van der Waals surface area contributed by atoms with Crippen molar-refractivity contribution in [2.45, 2.75) is 32.8 Å². The van der Waals surface area contributed by atoms with Crippen LogP contribution in [-0.4, -0.2) is 10.2 Å². The summed E-state index contributed by atoms with van der Waals surface area (Å²) >= 11 is 18.4. The molecule has 0 amide bonds. The van der Waals surface area contributed by atoms with Crippen LogP contribution in [0.2, 0.25) is 10.0 Å². The van der Waals surface area contributed by atoms with Gasteiger partial charge in [0.25, 0.3) is 0 Å². The van der Waals surface area contributed by atoms with Crippen LogP contribution in [0.15, 0.2) is 142 Å². The molecule has 0 N–H and O–H groups in total. The predicted octanol–water partition coefficient (Wildman–Crippen LogP) is 9.85. The third-order valence-corrected chi connectivity index (χ3v) is 10.1. The van der Waals surface area contributed by atoms with Crippen LogP contribution in [0, 0.1) is 5.82 Å². The summed E-state index contributed by atoms with van der Waals surface area (Å²) in [7, 11) is 0. The van der Waals surface area contributed by atoms with E-state index in [2.05, 4.69) is 140 Å². The summed E-state index contributed by atoms with van der Waals surface area (Å²) in [6.45, 7) is 4.90. The summed E-state index contributed by atoms with van der Waals surface area (Å²) < 4.78 is 15.9. The molecular weight excluding hydrogens is 795 g/mol. The first-order chi connectivity index (χ1) is 22.9. The van der Waals surface area contributed by atoms with E-state index in [0.717, 1.165) is 21.6 Å². The van der Waals surface area contributed by atoms with Crippen molar-refractivity contribution in [2.24, 2.45) is 0 Å². The van der Waals surface area contributed by atoms with Gasteiger partial charge in [-0.15, -0.1) is 5.60 Å². The Morgan fingerprint density at radius 3 is 1.47 bits per heavy atom. The molecule has 0 saturated carbocycles. The zero-order chi connectivity index (χ0) is 34.4. The first-order valence-electron chi connectivity index (χ1n) is 15.3. The van der Waals surface area contributed by atoms with E-state index in [1.165, 1.54) is 50.1 Å². The monoisotopic (exact) mass is 825 g/mol. The molecule has 6 aromatic carbocycles. The van der Waals surface area contributed by atoms with E-state index in [-0.39, 0.29) is 35.4 Å². The van der Waals surface area contributed by atoms with E-state index in [9.17, 15) is 9.50 Å². The number of aromatic nitrogens is 1. The predicted molar refractivity (Wildman–Crippen MR) is 207 cm³/mol. The van der Waals surface area contributed by atoms with Crippen molar-refractivity contribution < 1.29 is 39.1 Å². The summed E-state index contributed by atoms with van der Waals surface area (Å²) in [6, 6.07) is 44.7. The molecule has 0 unspecified atom stereocenters. The minimum absolute atomic E-state index is 0. The van der Waals surface area contributed by atoms with Gasteiger partial charge >= 0.3 is 29.6 Å². The molecule has 0 fully saturated rings. The average molecular weight is 828 g/mol. The van der Waals surface area contributed by atoms with Crippen molar-refractivity contribution >= 4 is 76.9 Å². The number of benzene rings is 6. The molecule has 2 nitrogen and oxygen atoms in total. The van der Waals surface area contributed by atoms with Crippen molar-refractivity contribution in [2.75, 3.05) is 0 Å². The van der Waals surface area contributed by atoms with E-state index in [4.69, 9.17) is 23.2 Å². The zero-order valence-corrected chi connectivity index (χ0v) is 34.3. The second kappa shape index (κ2) is 17.7. The second-order valence-corrected chi connectivity index (χ2v) is 14.5. The third kappa shape index (κ3) is 9.87. The molecule has 0 spiro atoms. The summed E-state index contributed by atoms with van der Waals surface area (Å²) in [4.78, 5) is 0. The van der Waals surface area contributed by atoms with Crippen LogP contribution < -0.4 is 34.7 Å². The molecule has 0 aliphatic heterocycles. The SMILES string of the molecule is CC(C)(C)[O-].Clc1cccc(-n2c3ccccc3c3ccccc32)c1Br.Fc1cccc(Cl)c1Br.[Na+].c1ccc2c(c1)Cc1ccccc1-2. The van der Waals surface area contributed by atoms with Gasteiger partial charge in [-0.05, 0) is 96.9 Å². The van der Waals surface area contributed by atoms with Crippen LogP contribution in [0.1, 0.15) is 31.9 Å². The molecule has 8 rings (SSSR count). The van der Waals surface area contributed by atoms with Gasteiger partial charge in [-0.2, -0.15) is 0 Å². The number of nitrogens with zero attached hydrogens (tertiary/aromatic N) is 1. The van der Waals surface area contributed by atoms with E-state index in [1.54, 1.807) is 32.9 Å².